The van der Waals surface area contributed by atoms with Crippen LogP contribution in [0.1, 0.15) is 72.1 Å². The molecular formula is C43H53F3N6O10S. The van der Waals surface area contributed by atoms with Crippen molar-refractivity contribution in [2.75, 3.05) is 38.8 Å². The number of anilines is 1. The number of amides is 4. The Bertz CT molecular complexity index is 2340. The zero-order valence-electron chi connectivity index (χ0n) is 35.7. The van der Waals surface area contributed by atoms with E-state index in [1.165, 1.54) is 29.2 Å². The summed E-state index contributed by atoms with van der Waals surface area (Å²) in [6.45, 7) is 5.27. The molecule has 4 fully saturated rings. The SMILES string of the molecule is CN(C)c1ccc2c(O[C@@H]3C[C@H]4C(=O)N[C@]5(C(=O)NS(=O)(=O)C6CC6)C[C@H]5CCCCOCC[C@H](NC(=O)OC(C)(C)C)C(=O)N4C3)nc(-c3ccc(OC(F)(F)F)cc3)cc2c1. The number of hydrogen-bond donors (Lipinski definition) is 3. The zero-order chi connectivity index (χ0) is 45.5. The Balaban J connectivity index is 1.23. The first-order valence-electron chi connectivity index (χ1n) is 21.0. The molecule has 4 aliphatic rings. The lowest BCUT2D eigenvalue weighted by molar-refractivity contribution is -0.274. The number of carbonyl (C=O) groups excluding carboxylic acids is 4. The van der Waals surface area contributed by atoms with Crippen molar-refractivity contribution in [1.29, 1.82) is 0 Å². The molecule has 4 amide bonds. The van der Waals surface area contributed by atoms with Crippen molar-refractivity contribution in [3.63, 3.8) is 0 Å². The highest BCUT2D eigenvalue weighted by molar-refractivity contribution is 7.91. The molecule has 2 aliphatic carbocycles. The van der Waals surface area contributed by atoms with Gasteiger partial charge in [0.2, 0.25) is 27.7 Å². The van der Waals surface area contributed by atoms with Crippen LogP contribution in [-0.2, 0) is 33.9 Å². The van der Waals surface area contributed by atoms with Crippen LogP contribution in [0.4, 0.5) is 23.7 Å². The van der Waals surface area contributed by atoms with Crippen LogP contribution >= 0.6 is 0 Å². The number of sulfonamides is 1. The van der Waals surface area contributed by atoms with Gasteiger partial charge >= 0.3 is 12.5 Å². The Labute approximate surface area is 363 Å². The van der Waals surface area contributed by atoms with Crippen molar-refractivity contribution in [3.8, 4) is 22.9 Å². The van der Waals surface area contributed by atoms with Gasteiger partial charge < -0.3 is 39.4 Å². The molecule has 3 aromatic rings. The summed E-state index contributed by atoms with van der Waals surface area (Å²) in [4.78, 5) is 64.1. The second-order valence-corrected chi connectivity index (χ2v) is 19.8. The summed E-state index contributed by atoms with van der Waals surface area (Å²) in [7, 11) is -0.233. The summed E-state index contributed by atoms with van der Waals surface area (Å²) in [6.07, 6.45) is -3.91. The number of nitrogens with one attached hydrogen (secondary N) is 3. The zero-order valence-corrected chi connectivity index (χ0v) is 36.6. The molecule has 342 valence electrons. The van der Waals surface area contributed by atoms with Crippen LogP contribution in [0.25, 0.3) is 22.0 Å². The molecule has 3 N–H and O–H groups in total. The lowest BCUT2D eigenvalue weighted by Crippen LogP contribution is -2.58. The molecule has 3 heterocycles. The van der Waals surface area contributed by atoms with E-state index in [0.717, 1.165) is 5.69 Å². The number of ether oxygens (including phenoxy) is 4. The average Bonchev–Trinajstić information content (AvgIpc) is 4.12. The Kier molecular flexibility index (Phi) is 12.8. The van der Waals surface area contributed by atoms with Crippen molar-refractivity contribution in [3.05, 3.63) is 48.5 Å². The fourth-order valence-electron chi connectivity index (χ4n) is 8.05. The molecule has 0 bridgehead atoms. The summed E-state index contributed by atoms with van der Waals surface area (Å²) >= 11 is 0. The Morgan fingerprint density at radius 1 is 0.984 bits per heavy atom. The van der Waals surface area contributed by atoms with Crippen molar-refractivity contribution in [2.24, 2.45) is 5.92 Å². The standard InChI is InChI=1S/C43H53F3N6O10S/c1-41(2,3)62-40(56)48-33-17-19-59-18-7-6-8-27-23-42(27,39(55)50-63(57,58)31-14-15-31)49-36(53)35-22-30(24-52(35)38(33)54)60-37-32-16-11-28(51(4)5)20-26(32)21-34(47-37)25-9-12-29(13-10-25)61-43(44,45)46/h9-13,16,20-21,27,30-31,33,35H,6-8,14-15,17-19,22-24H2,1-5H3,(H,48,56)(H,49,53)(H,50,55)/t27-,30-,33+,35+,42-/m1/s1. The van der Waals surface area contributed by atoms with Crippen LogP contribution in [0.15, 0.2) is 48.5 Å². The molecule has 7 rings (SSSR count). The molecule has 2 saturated heterocycles. The van der Waals surface area contributed by atoms with Gasteiger partial charge in [-0.2, -0.15) is 0 Å². The van der Waals surface area contributed by atoms with E-state index in [4.69, 9.17) is 19.2 Å². The predicted octanol–water partition coefficient (Wildman–Crippen LogP) is 5.18. The topological polar surface area (TPSA) is 195 Å². The van der Waals surface area contributed by atoms with Crippen LogP contribution in [0.5, 0.6) is 11.6 Å². The van der Waals surface area contributed by atoms with E-state index < -0.39 is 80.5 Å². The number of alkyl halides is 3. The second kappa shape index (κ2) is 17.7. The fraction of sp³-hybridized carbons (Fsp3) is 0.558. The molecule has 0 spiro atoms. The van der Waals surface area contributed by atoms with Crippen LogP contribution in [0, 0.1) is 5.92 Å². The molecule has 5 atom stereocenters. The smallest absolute Gasteiger partial charge is 0.472 e. The Morgan fingerprint density at radius 2 is 1.71 bits per heavy atom. The molecule has 2 aromatic carbocycles. The minimum Gasteiger partial charge on any atom is -0.472 e. The highest BCUT2D eigenvalue weighted by Gasteiger charge is 2.62. The van der Waals surface area contributed by atoms with Gasteiger partial charge in [0, 0.05) is 56.8 Å². The van der Waals surface area contributed by atoms with Gasteiger partial charge in [0.05, 0.1) is 17.5 Å². The number of pyridine rings is 1. The summed E-state index contributed by atoms with van der Waals surface area (Å²) in [6, 6.07) is 10.0. The van der Waals surface area contributed by atoms with Crippen molar-refractivity contribution < 1.29 is 59.7 Å². The third-order valence-corrected chi connectivity index (χ3v) is 13.3. The second-order valence-electron chi connectivity index (χ2n) is 17.8. The van der Waals surface area contributed by atoms with Crippen LogP contribution in [0.2, 0.25) is 0 Å². The van der Waals surface area contributed by atoms with Crippen LogP contribution in [0.3, 0.4) is 0 Å². The summed E-state index contributed by atoms with van der Waals surface area (Å²) in [5.41, 5.74) is -0.799. The maximum absolute atomic E-state index is 14.7. The number of hydrogen-bond acceptors (Lipinski definition) is 12. The lowest BCUT2D eigenvalue weighted by atomic mass is 10.1. The van der Waals surface area contributed by atoms with Gasteiger partial charge in [0.25, 0.3) is 5.91 Å². The van der Waals surface area contributed by atoms with E-state index in [0.29, 0.717) is 60.7 Å². The number of nitrogens with zero attached hydrogens (tertiary/aromatic N) is 3. The third kappa shape index (κ3) is 11.1. The summed E-state index contributed by atoms with van der Waals surface area (Å²) in [5.74, 6) is -2.85. The Hall–Kier alpha value is -5.37. The monoisotopic (exact) mass is 902 g/mol. The molecule has 0 unspecified atom stereocenters. The van der Waals surface area contributed by atoms with Gasteiger partial charge in [-0.1, -0.05) is 6.42 Å². The van der Waals surface area contributed by atoms with E-state index >= 15 is 0 Å². The van der Waals surface area contributed by atoms with Gasteiger partial charge in [-0.05, 0) is 113 Å². The lowest BCUT2D eigenvalue weighted by Gasteiger charge is -2.30. The van der Waals surface area contributed by atoms with Crippen molar-refractivity contribution >= 4 is 50.3 Å². The number of halogens is 3. The molecule has 20 heteroatoms. The predicted molar refractivity (Wildman–Crippen MR) is 224 cm³/mol. The molecule has 63 heavy (non-hydrogen) atoms. The van der Waals surface area contributed by atoms with Crippen LogP contribution < -0.4 is 29.7 Å². The Morgan fingerprint density at radius 3 is 2.38 bits per heavy atom. The van der Waals surface area contributed by atoms with Gasteiger partial charge in [-0.15, -0.1) is 13.2 Å². The first-order chi connectivity index (χ1) is 29.6. The summed E-state index contributed by atoms with van der Waals surface area (Å²) in [5, 5.41) is 6.08. The first-order valence-corrected chi connectivity index (χ1v) is 22.6. The van der Waals surface area contributed by atoms with Crippen molar-refractivity contribution in [2.45, 2.75) is 113 Å². The van der Waals surface area contributed by atoms with E-state index in [1.54, 1.807) is 32.9 Å². The highest BCUT2D eigenvalue weighted by Crippen LogP contribution is 2.48. The molecular weight excluding hydrogens is 850 g/mol. The van der Waals surface area contributed by atoms with Gasteiger partial charge in [0.1, 0.15) is 35.1 Å². The third-order valence-electron chi connectivity index (χ3n) is 11.5. The van der Waals surface area contributed by atoms with E-state index in [1.807, 2.05) is 31.1 Å². The van der Waals surface area contributed by atoms with Gasteiger partial charge in [-0.3, -0.25) is 19.1 Å². The number of carbonyl (C=O) groups is 4. The molecule has 2 aliphatic heterocycles. The largest absolute Gasteiger partial charge is 0.573 e. The molecule has 2 saturated carbocycles. The molecule has 16 nitrogen and oxygen atoms in total. The van der Waals surface area contributed by atoms with Crippen LogP contribution in [-0.4, -0.2) is 117 Å². The summed E-state index contributed by atoms with van der Waals surface area (Å²) < 4.78 is 88.9. The molecule has 0 radical (unpaired) electrons. The number of rotatable bonds is 9. The van der Waals surface area contributed by atoms with E-state index in [9.17, 15) is 40.8 Å². The van der Waals surface area contributed by atoms with Gasteiger partial charge in [0.15, 0.2) is 0 Å². The maximum Gasteiger partial charge on any atom is 0.573 e. The normalized spacial score (nSPS) is 24.8. The number of aromatic nitrogens is 1. The maximum atomic E-state index is 14.7. The number of fused-ring (bicyclic) bond motifs is 3. The first kappa shape index (κ1) is 45.6. The van der Waals surface area contributed by atoms with E-state index in [-0.39, 0.29) is 44.2 Å². The molecule has 1 aromatic heterocycles. The number of benzene rings is 2. The number of alkyl carbamates (subject to hydrolysis) is 1. The van der Waals surface area contributed by atoms with Crippen molar-refractivity contribution in [1.82, 2.24) is 25.2 Å². The quantitative estimate of drug-likeness (QED) is 0.255. The fourth-order valence-corrected chi connectivity index (χ4v) is 9.41. The minimum absolute atomic E-state index is 0.0394. The minimum atomic E-state index is -4.88. The highest BCUT2D eigenvalue weighted by atomic mass is 32.2. The van der Waals surface area contributed by atoms with Gasteiger partial charge in [-0.25, -0.2) is 18.2 Å². The van der Waals surface area contributed by atoms with E-state index in [2.05, 4.69) is 20.1 Å². The average molecular weight is 903 g/mol.